The van der Waals surface area contributed by atoms with E-state index < -0.39 is 0 Å². The van der Waals surface area contributed by atoms with Gasteiger partial charge in [-0.1, -0.05) is 11.6 Å². The first-order valence-corrected chi connectivity index (χ1v) is 5.14. The molecule has 0 fully saturated rings. The van der Waals surface area contributed by atoms with Crippen molar-refractivity contribution in [3.8, 4) is 0 Å². The molecule has 0 atom stereocenters. The number of aromatic amines is 1. The van der Waals surface area contributed by atoms with E-state index in [4.69, 9.17) is 11.6 Å². The highest BCUT2D eigenvalue weighted by Crippen LogP contribution is 2.29. The third-order valence-corrected chi connectivity index (χ3v) is 3.16. The van der Waals surface area contributed by atoms with Gasteiger partial charge in [-0.2, -0.15) is 0 Å². The lowest BCUT2D eigenvalue weighted by atomic mass is 10.2. The van der Waals surface area contributed by atoms with Crippen LogP contribution in [-0.2, 0) is 6.42 Å². The zero-order chi connectivity index (χ0) is 9.42. The minimum absolute atomic E-state index is 0.743. The maximum atomic E-state index is 5.89. The number of H-pyrrole nitrogens is 1. The Kier molecular flexibility index (Phi) is 2.35. The van der Waals surface area contributed by atoms with Gasteiger partial charge in [0.2, 0.25) is 0 Å². The lowest BCUT2D eigenvalue weighted by Crippen LogP contribution is -1.78. The summed E-state index contributed by atoms with van der Waals surface area (Å²) < 4.78 is 1.07. The van der Waals surface area contributed by atoms with Crippen molar-refractivity contribution in [3.63, 3.8) is 0 Å². The summed E-state index contributed by atoms with van der Waals surface area (Å²) in [6.45, 7) is 3.84. The van der Waals surface area contributed by atoms with Crippen LogP contribution in [0.3, 0.4) is 0 Å². The molecule has 1 aromatic heterocycles. The van der Waals surface area contributed by atoms with Gasteiger partial charge in [-0.3, -0.25) is 0 Å². The Morgan fingerprint density at radius 3 is 2.92 bits per heavy atom. The summed E-state index contributed by atoms with van der Waals surface area (Å²) in [7, 11) is 0. The molecule has 0 aliphatic carbocycles. The van der Waals surface area contributed by atoms with E-state index in [1.165, 1.54) is 0 Å². The summed E-state index contributed by atoms with van der Waals surface area (Å²) in [6.07, 6.45) is 0.743. The van der Waals surface area contributed by atoms with E-state index in [0.717, 1.165) is 32.5 Å². The van der Waals surface area contributed by atoms with Gasteiger partial charge >= 0.3 is 0 Å². The quantitative estimate of drug-likeness (QED) is 0.796. The second-order valence-electron chi connectivity index (χ2n) is 2.86. The third kappa shape index (κ3) is 1.49. The van der Waals surface area contributed by atoms with Gasteiger partial charge in [0.15, 0.2) is 0 Å². The fraction of sp³-hybridized carbons (Fsp3) is 0.100. The van der Waals surface area contributed by atoms with Gasteiger partial charge in [0.25, 0.3) is 0 Å². The predicted octanol–water partition coefficient (Wildman–Crippen LogP) is 3.96. The smallest absolute Gasteiger partial charge is 0.0468 e. The molecule has 0 bridgehead atoms. The van der Waals surface area contributed by atoms with E-state index in [-0.39, 0.29) is 0 Å². The third-order valence-electron chi connectivity index (χ3n) is 2.02. The van der Waals surface area contributed by atoms with Crippen LogP contribution in [0.1, 0.15) is 5.69 Å². The lowest BCUT2D eigenvalue weighted by Gasteiger charge is -1.91. The summed E-state index contributed by atoms with van der Waals surface area (Å²) in [5.74, 6) is 0. The second-order valence-corrected chi connectivity index (χ2v) is 4.09. The molecule has 13 heavy (non-hydrogen) atoms. The standard InChI is InChI=1S/C10H8BrClN/c1-2-8-10(11)7-5-6(12)3-4-9(7)13-8/h3-5,13H,1-2H2. The SMILES string of the molecule is [CH2]Cc1[nH]c2ccc(Cl)cc2c1Br. The van der Waals surface area contributed by atoms with Crippen molar-refractivity contribution in [3.05, 3.63) is 40.3 Å². The molecule has 0 aliphatic heterocycles. The number of nitrogens with one attached hydrogen (secondary N) is 1. The van der Waals surface area contributed by atoms with Crippen molar-refractivity contribution in [1.29, 1.82) is 0 Å². The zero-order valence-corrected chi connectivity index (χ0v) is 9.24. The normalized spacial score (nSPS) is 11.0. The molecule has 0 amide bonds. The summed E-state index contributed by atoms with van der Waals surface area (Å²) in [4.78, 5) is 3.27. The summed E-state index contributed by atoms with van der Waals surface area (Å²) in [5.41, 5.74) is 2.20. The molecule has 1 aromatic carbocycles. The minimum Gasteiger partial charge on any atom is -0.357 e. The number of halogens is 2. The lowest BCUT2D eigenvalue weighted by molar-refractivity contribution is 1.16. The summed E-state index contributed by atoms with van der Waals surface area (Å²) >= 11 is 9.41. The highest BCUT2D eigenvalue weighted by Gasteiger charge is 2.06. The molecule has 1 radical (unpaired) electrons. The number of rotatable bonds is 1. The Labute approximate surface area is 90.2 Å². The van der Waals surface area contributed by atoms with Gasteiger partial charge in [-0.25, -0.2) is 0 Å². The average Bonchev–Trinajstić information content (AvgIpc) is 2.44. The molecule has 0 unspecified atom stereocenters. The Balaban J connectivity index is 2.77. The fourth-order valence-corrected chi connectivity index (χ4v) is 2.16. The highest BCUT2D eigenvalue weighted by atomic mass is 79.9. The van der Waals surface area contributed by atoms with Gasteiger partial charge in [0.1, 0.15) is 0 Å². The molecule has 1 nitrogen and oxygen atoms in total. The van der Waals surface area contributed by atoms with Crippen LogP contribution in [0, 0.1) is 6.92 Å². The monoisotopic (exact) mass is 256 g/mol. The van der Waals surface area contributed by atoms with E-state index in [2.05, 4.69) is 27.8 Å². The predicted molar refractivity (Wildman–Crippen MR) is 60.1 cm³/mol. The molecule has 2 aromatic rings. The number of fused-ring (bicyclic) bond motifs is 1. The van der Waals surface area contributed by atoms with Crippen LogP contribution in [0.25, 0.3) is 10.9 Å². The van der Waals surface area contributed by atoms with E-state index in [1.807, 2.05) is 18.2 Å². The van der Waals surface area contributed by atoms with E-state index in [1.54, 1.807) is 0 Å². The van der Waals surface area contributed by atoms with Crippen LogP contribution in [0.15, 0.2) is 22.7 Å². The molecule has 67 valence electrons. The summed E-state index contributed by atoms with van der Waals surface area (Å²) in [6, 6.07) is 5.79. The molecule has 0 saturated heterocycles. The first kappa shape index (κ1) is 9.10. The zero-order valence-electron chi connectivity index (χ0n) is 6.90. The van der Waals surface area contributed by atoms with Crippen LogP contribution in [0.2, 0.25) is 5.02 Å². The van der Waals surface area contributed by atoms with Crippen LogP contribution < -0.4 is 0 Å². The van der Waals surface area contributed by atoms with E-state index in [0.29, 0.717) is 0 Å². The van der Waals surface area contributed by atoms with Crippen LogP contribution in [-0.4, -0.2) is 4.98 Å². The maximum absolute atomic E-state index is 5.89. The largest absolute Gasteiger partial charge is 0.357 e. The maximum Gasteiger partial charge on any atom is 0.0468 e. The van der Waals surface area contributed by atoms with Crippen LogP contribution in [0.4, 0.5) is 0 Å². The van der Waals surface area contributed by atoms with Crippen molar-refractivity contribution in [2.45, 2.75) is 6.42 Å². The average molecular weight is 258 g/mol. The Morgan fingerprint density at radius 1 is 1.46 bits per heavy atom. The van der Waals surface area contributed by atoms with Crippen LogP contribution >= 0.6 is 27.5 Å². The van der Waals surface area contributed by atoms with Crippen LogP contribution in [0.5, 0.6) is 0 Å². The number of hydrogen-bond donors (Lipinski definition) is 1. The fourth-order valence-electron chi connectivity index (χ4n) is 1.36. The first-order chi connectivity index (χ1) is 6.22. The molecule has 1 N–H and O–H groups in total. The second kappa shape index (κ2) is 3.35. The number of hydrogen-bond acceptors (Lipinski definition) is 0. The van der Waals surface area contributed by atoms with Gasteiger partial charge in [0, 0.05) is 26.1 Å². The topological polar surface area (TPSA) is 15.8 Å². The molecule has 2 rings (SSSR count). The molecule has 0 spiro atoms. The Hall–Kier alpha value is -0.470. The van der Waals surface area contributed by atoms with Gasteiger partial charge in [-0.05, 0) is 47.5 Å². The van der Waals surface area contributed by atoms with Crippen molar-refractivity contribution in [2.75, 3.05) is 0 Å². The van der Waals surface area contributed by atoms with E-state index in [9.17, 15) is 0 Å². The molecular formula is C10H8BrClN. The van der Waals surface area contributed by atoms with Crippen molar-refractivity contribution < 1.29 is 0 Å². The van der Waals surface area contributed by atoms with Crippen molar-refractivity contribution in [2.24, 2.45) is 0 Å². The van der Waals surface area contributed by atoms with Gasteiger partial charge in [-0.15, -0.1) is 0 Å². The molecule has 3 heteroatoms. The number of benzene rings is 1. The van der Waals surface area contributed by atoms with Crippen molar-refractivity contribution in [1.82, 2.24) is 4.98 Å². The number of aromatic nitrogens is 1. The van der Waals surface area contributed by atoms with Gasteiger partial charge in [0.05, 0.1) is 0 Å². The van der Waals surface area contributed by atoms with E-state index >= 15 is 0 Å². The first-order valence-electron chi connectivity index (χ1n) is 3.97. The highest BCUT2D eigenvalue weighted by molar-refractivity contribution is 9.10. The van der Waals surface area contributed by atoms with Crippen molar-refractivity contribution >= 4 is 38.4 Å². The summed E-state index contributed by atoms with van der Waals surface area (Å²) in [5, 5.41) is 1.87. The molecular weight excluding hydrogens is 249 g/mol. The Morgan fingerprint density at radius 2 is 2.23 bits per heavy atom. The Bertz CT molecular complexity index is 447. The molecule has 1 heterocycles. The molecule has 0 aliphatic rings. The van der Waals surface area contributed by atoms with Gasteiger partial charge < -0.3 is 4.98 Å². The minimum atomic E-state index is 0.743. The molecule has 0 saturated carbocycles.